The molecule has 0 spiro atoms. The molecule has 3 aromatic rings. The molecule has 1 amide bonds. The Morgan fingerprint density at radius 1 is 1.16 bits per heavy atom. The van der Waals surface area contributed by atoms with Crippen LogP contribution >= 0.6 is 0 Å². The first kappa shape index (κ1) is 26.3. The molecule has 2 aromatic heterocycles. The number of ether oxygens (including phenoxy) is 1. The number of aromatic nitrogens is 3. The van der Waals surface area contributed by atoms with Crippen molar-refractivity contribution >= 4 is 21.3 Å². The average molecular weight is 545 g/mol. The molecule has 2 heterocycles. The van der Waals surface area contributed by atoms with E-state index in [4.69, 9.17) is 9.52 Å². The Morgan fingerprint density at radius 3 is 2.43 bits per heavy atom. The van der Waals surface area contributed by atoms with Gasteiger partial charge in [-0.1, -0.05) is 6.07 Å². The zero-order chi connectivity index (χ0) is 27.3. The second-order valence-electron chi connectivity index (χ2n) is 8.35. The highest BCUT2D eigenvalue weighted by atomic mass is 32.2. The lowest BCUT2D eigenvalue weighted by atomic mass is 10.1. The van der Waals surface area contributed by atoms with E-state index >= 15 is 0 Å². The van der Waals surface area contributed by atoms with E-state index in [1.807, 2.05) is 0 Å². The van der Waals surface area contributed by atoms with Gasteiger partial charge in [0.15, 0.2) is 11.5 Å². The minimum Gasteiger partial charge on any atom is -0.415 e. The molecule has 1 aromatic carbocycles. The van der Waals surface area contributed by atoms with Crippen molar-refractivity contribution in [1.82, 2.24) is 15.2 Å². The van der Waals surface area contributed by atoms with Crippen LogP contribution in [0.1, 0.15) is 40.0 Å². The topological polar surface area (TPSA) is 118 Å². The maximum atomic E-state index is 14.6. The van der Waals surface area contributed by atoms with Crippen LogP contribution in [0.25, 0.3) is 0 Å². The number of nitrogens with one attached hydrogen (secondary N) is 2. The van der Waals surface area contributed by atoms with Crippen molar-refractivity contribution in [2.24, 2.45) is 0 Å². The van der Waals surface area contributed by atoms with Crippen LogP contribution < -0.4 is 10.1 Å². The summed E-state index contributed by atoms with van der Waals surface area (Å²) in [6.45, 7) is 0.895. The van der Waals surface area contributed by atoms with Gasteiger partial charge >= 0.3 is 6.18 Å². The summed E-state index contributed by atoms with van der Waals surface area (Å²) in [6.07, 6.45) is -3.27. The van der Waals surface area contributed by atoms with E-state index in [0.29, 0.717) is 6.20 Å². The quantitative estimate of drug-likeness (QED) is 0.394. The Morgan fingerprint density at radius 2 is 1.84 bits per heavy atom. The summed E-state index contributed by atoms with van der Waals surface area (Å²) in [5.41, 5.74) is -5.84. The van der Waals surface area contributed by atoms with Crippen molar-refractivity contribution in [3.05, 3.63) is 64.5 Å². The van der Waals surface area contributed by atoms with Gasteiger partial charge in [0, 0.05) is 28.6 Å². The van der Waals surface area contributed by atoms with E-state index in [1.165, 1.54) is 24.3 Å². The number of hydrogen-bond acceptors (Lipinski definition) is 7. The van der Waals surface area contributed by atoms with Crippen molar-refractivity contribution in [2.45, 2.75) is 36.5 Å². The molecule has 1 aliphatic rings. The lowest BCUT2D eigenvalue weighted by molar-refractivity contribution is -0.142. The summed E-state index contributed by atoms with van der Waals surface area (Å²) in [5, 5.41) is 8.54. The number of rotatable bonds is 6. The van der Waals surface area contributed by atoms with Crippen LogP contribution in [0.15, 0.2) is 35.4 Å². The van der Waals surface area contributed by atoms with Gasteiger partial charge in [0.25, 0.3) is 17.7 Å². The first-order valence-electron chi connectivity index (χ1n) is 10.4. The zero-order valence-electron chi connectivity index (χ0n) is 19.0. The molecule has 8 nitrogen and oxygen atoms in total. The molecule has 196 valence electrons. The number of halogens is 6. The molecule has 2 N–H and O–H groups in total. The van der Waals surface area contributed by atoms with Crippen LogP contribution in [0.5, 0.6) is 11.8 Å². The zero-order valence-corrected chi connectivity index (χ0v) is 19.9. The maximum absolute atomic E-state index is 14.6. The molecule has 1 fully saturated rings. The molecule has 4 rings (SSSR count). The fourth-order valence-electron chi connectivity index (χ4n) is 3.42. The number of amides is 1. The van der Waals surface area contributed by atoms with Gasteiger partial charge in [0.2, 0.25) is 5.82 Å². The number of pyridine rings is 1. The third kappa shape index (κ3) is 5.21. The summed E-state index contributed by atoms with van der Waals surface area (Å²) in [6, 6.07) is 5.22. The monoisotopic (exact) mass is 545 g/mol. The fraction of sp³-hybridized carbons (Fsp3) is 0.273. The van der Waals surface area contributed by atoms with E-state index in [9.17, 15) is 35.3 Å². The highest BCUT2D eigenvalue weighted by Crippen LogP contribution is 2.51. The standard InChI is InChI=1S/C22H17F6N5O3S/c1-10-14(18(34)31-11-4-3-5-12(8-11)37(2,29)35)19(33-32-17(10)22(26,27)28)36-20-16(24)15(23)13(9-30-20)21(25)6-7-21/h3-5,8-9,29H,6-7H2,1-2H3,(H,31,34). The van der Waals surface area contributed by atoms with Gasteiger partial charge in [-0.25, -0.2) is 22.8 Å². The third-order valence-corrected chi connectivity index (χ3v) is 6.67. The van der Waals surface area contributed by atoms with Crippen molar-refractivity contribution in [3.63, 3.8) is 0 Å². The Balaban J connectivity index is 1.76. The normalized spacial score (nSPS) is 16.1. The predicted octanol–water partition coefficient (Wildman–Crippen LogP) is 5.52. The minimum absolute atomic E-state index is 0.0302. The molecular weight excluding hydrogens is 528 g/mol. The van der Waals surface area contributed by atoms with E-state index in [0.717, 1.165) is 13.2 Å². The van der Waals surface area contributed by atoms with Crippen LogP contribution in [-0.4, -0.2) is 31.6 Å². The van der Waals surface area contributed by atoms with Gasteiger partial charge in [0.05, 0.1) is 9.73 Å². The second kappa shape index (κ2) is 8.97. The highest BCUT2D eigenvalue weighted by molar-refractivity contribution is 7.91. The summed E-state index contributed by atoms with van der Waals surface area (Å²) in [7, 11) is -3.19. The Labute approximate surface area is 206 Å². The van der Waals surface area contributed by atoms with Crippen molar-refractivity contribution in [3.8, 4) is 11.8 Å². The van der Waals surface area contributed by atoms with E-state index in [-0.39, 0.29) is 23.4 Å². The molecule has 0 bridgehead atoms. The van der Waals surface area contributed by atoms with Crippen LogP contribution in [0.2, 0.25) is 0 Å². The van der Waals surface area contributed by atoms with Crippen molar-refractivity contribution in [1.29, 1.82) is 4.78 Å². The van der Waals surface area contributed by atoms with Gasteiger partial charge in [-0.2, -0.15) is 17.6 Å². The van der Waals surface area contributed by atoms with Gasteiger partial charge in [-0.3, -0.25) is 4.79 Å². The lowest BCUT2D eigenvalue weighted by Gasteiger charge is -2.16. The largest absolute Gasteiger partial charge is 0.435 e. The smallest absolute Gasteiger partial charge is 0.415 e. The van der Waals surface area contributed by atoms with E-state index in [1.54, 1.807) is 0 Å². The Bertz CT molecular complexity index is 1520. The molecule has 37 heavy (non-hydrogen) atoms. The SMILES string of the molecule is Cc1c(C(F)(F)F)nnc(Oc2ncc(C3(F)CC3)c(F)c2F)c1C(=O)Nc1cccc(S(C)(=N)=O)c1. The number of alkyl halides is 4. The molecule has 0 radical (unpaired) electrons. The van der Waals surface area contributed by atoms with Crippen LogP contribution in [0.3, 0.4) is 0 Å². The van der Waals surface area contributed by atoms with E-state index in [2.05, 4.69) is 20.5 Å². The molecule has 15 heteroatoms. The summed E-state index contributed by atoms with van der Waals surface area (Å²) >= 11 is 0. The number of benzene rings is 1. The number of carbonyl (C=O) groups is 1. The van der Waals surface area contributed by atoms with Crippen LogP contribution in [-0.2, 0) is 21.6 Å². The molecule has 1 saturated carbocycles. The van der Waals surface area contributed by atoms with Crippen LogP contribution in [0, 0.1) is 23.3 Å². The van der Waals surface area contributed by atoms with Gasteiger partial charge in [0.1, 0.15) is 11.2 Å². The number of nitrogens with zero attached hydrogens (tertiary/aromatic N) is 3. The highest BCUT2D eigenvalue weighted by Gasteiger charge is 2.48. The number of carbonyl (C=O) groups excluding carboxylic acids is 1. The molecule has 0 aliphatic heterocycles. The maximum Gasteiger partial charge on any atom is 0.435 e. The molecule has 1 atom stereocenters. The number of anilines is 1. The van der Waals surface area contributed by atoms with E-state index < -0.39 is 73.3 Å². The molecule has 1 aliphatic carbocycles. The Hall–Kier alpha value is -3.75. The first-order valence-corrected chi connectivity index (χ1v) is 12.4. The average Bonchev–Trinajstić information content (AvgIpc) is 3.53. The van der Waals surface area contributed by atoms with Crippen molar-refractivity contribution in [2.75, 3.05) is 11.6 Å². The fourth-order valence-corrected chi connectivity index (χ4v) is 4.11. The van der Waals surface area contributed by atoms with Gasteiger partial charge in [-0.15, -0.1) is 10.2 Å². The van der Waals surface area contributed by atoms with Gasteiger partial charge in [-0.05, 0) is 43.5 Å². The number of hydrogen-bond donors (Lipinski definition) is 2. The van der Waals surface area contributed by atoms with Crippen molar-refractivity contribution < 1.29 is 40.1 Å². The molecule has 0 saturated heterocycles. The third-order valence-electron chi connectivity index (χ3n) is 5.52. The lowest BCUT2D eigenvalue weighted by Crippen LogP contribution is -2.21. The Kier molecular flexibility index (Phi) is 6.38. The predicted molar refractivity (Wildman–Crippen MR) is 117 cm³/mol. The molecule has 1 unspecified atom stereocenters. The summed E-state index contributed by atoms with van der Waals surface area (Å²) < 4.78 is 108. The first-order chi connectivity index (χ1) is 17.1. The van der Waals surface area contributed by atoms with Gasteiger partial charge < -0.3 is 10.1 Å². The van der Waals surface area contributed by atoms with Crippen LogP contribution in [0.4, 0.5) is 32.0 Å². The molecular formula is C22H17F6N5O3S. The second-order valence-corrected chi connectivity index (χ2v) is 10.5. The summed E-state index contributed by atoms with van der Waals surface area (Å²) in [4.78, 5) is 16.6. The summed E-state index contributed by atoms with van der Waals surface area (Å²) in [5.74, 6) is -6.57. The minimum atomic E-state index is -5.03.